The van der Waals surface area contributed by atoms with Crippen LogP contribution in [0.5, 0.6) is 0 Å². The summed E-state index contributed by atoms with van der Waals surface area (Å²) in [5.41, 5.74) is 10.2. The van der Waals surface area contributed by atoms with Crippen LogP contribution in [0.2, 0.25) is 0 Å². The Kier molecular flexibility index (Phi) is 8.65. The van der Waals surface area contributed by atoms with Crippen LogP contribution in [0.15, 0.2) is 212 Å². The number of hydrogen-bond donors (Lipinski definition) is 0. The maximum absolute atomic E-state index is 15.6. The number of aryl methyl sites for hydroxylation is 1. The average molecular weight is 922 g/mol. The largest absolute Gasteiger partial charge is 0.417 e. The molecule has 0 aliphatic rings. The lowest BCUT2D eigenvalue weighted by Crippen LogP contribution is -2.10. The minimum absolute atomic E-state index is 0.0296. The predicted molar refractivity (Wildman–Crippen MR) is 285 cm³/mol. The van der Waals surface area contributed by atoms with Gasteiger partial charge in [0.2, 0.25) is 5.69 Å². The van der Waals surface area contributed by atoms with Crippen molar-refractivity contribution in [3.63, 3.8) is 0 Å². The fourth-order valence-electron chi connectivity index (χ4n) is 11.7. The molecule has 71 heavy (non-hydrogen) atoms. The molecule has 8 heteroatoms. The Bertz CT molecular complexity index is 4580. The van der Waals surface area contributed by atoms with Gasteiger partial charge in [-0.15, -0.1) is 0 Å². The van der Waals surface area contributed by atoms with Crippen LogP contribution in [0, 0.1) is 13.5 Å². The summed E-state index contributed by atoms with van der Waals surface area (Å²) in [6.07, 6.45) is -4.70. The third-order valence-electron chi connectivity index (χ3n) is 14.5. The number of benzene rings is 10. The Labute approximate surface area is 404 Å². The third-order valence-corrected chi connectivity index (χ3v) is 14.5. The number of nitrogens with zero attached hydrogens (tertiary/aromatic N) is 5. The zero-order valence-corrected chi connectivity index (χ0v) is 38.1. The molecule has 10 aromatic carbocycles. The van der Waals surface area contributed by atoms with Crippen LogP contribution in [0.4, 0.5) is 18.9 Å². The molecule has 14 aromatic rings. The molecule has 5 nitrogen and oxygen atoms in total. The minimum atomic E-state index is -4.70. The topological polar surface area (TPSA) is 24.1 Å². The molecule has 0 saturated heterocycles. The van der Waals surface area contributed by atoms with Crippen molar-refractivity contribution in [1.29, 1.82) is 0 Å². The second-order valence-electron chi connectivity index (χ2n) is 18.2. The van der Waals surface area contributed by atoms with Gasteiger partial charge in [-0.3, -0.25) is 0 Å². The summed E-state index contributed by atoms with van der Waals surface area (Å²) in [5, 5.41) is 7.92. The molecule has 4 aromatic heterocycles. The molecule has 0 spiro atoms. The van der Waals surface area contributed by atoms with Crippen LogP contribution in [0.25, 0.3) is 126 Å². The quantitative estimate of drug-likeness (QED) is 0.154. The van der Waals surface area contributed by atoms with Gasteiger partial charge in [0, 0.05) is 54.5 Å². The van der Waals surface area contributed by atoms with E-state index in [4.69, 9.17) is 0 Å². The lowest BCUT2D eigenvalue weighted by Gasteiger charge is -2.23. The van der Waals surface area contributed by atoms with E-state index in [1.807, 2.05) is 91.0 Å². The van der Waals surface area contributed by atoms with E-state index in [9.17, 15) is 6.57 Å². The molecule has 0 atom stereocenters. The standard InChI is InChI=1S/C63H38F3N5/c1-38-18-17-27-50(63(64,65)66)56(38)49-36-37-55(70-53-30-15-11-25-43(53)47-34-32-45-41-23-9-13-28-51(41)68(59(45)61(47)70)39-19-5-3-6-20-39)57(67-2)58(49)71-54-31-16-12-26-44(54)48-35-33-46-42-24-10-14-29-52(42)69(60(46)62(48)71)40-21-7-4-8-22-40/h3-37H,1H3. The van der Waals surface area contributed by atoms with Crippen LogP contribution in [-0.2, 0) is 6.18 Å². The lowest BCUT2D eigenvalue weighted by atomic mass is 9.92. The highest BCUT2D eigenvalue weighted by molar-refractivity contribution is 6.26. The first kappa shape index (κ1) is 40.7. The van der Waals surface area contributed by atoms with Crippen molar-refractivity contribution >= 4 is 92.9 Å². The molecule has 0 saturated carbocycles. The van der Waals surface area contributed by atoms with E-state index in [1.54, 1.807) is 13.0 Å². The van der Waals surface area contributed by atoms with Crippen LogP contribution in [-0.4, -0.2) is 18.3 Å². The Morgan fingerprint density at radius 3 is 1.23 bits per heavy atom. The number of aromatic nitrogens is 4. The maximum Gasteiger partial charge on any atom is 0.417 e. The van der Waals surface area contributed by atoms with E-state index >= 15 is 13.2 Å². The van der Waals surface area contributed by atoms with Gasteiger partial charge in [0.05, 0.1) is 67.6 Å². The van der Waals surface area contributed by atoms with Crippen LogP contribution in [0.1, 0.15) is 11.1 Å². The Morgan fingerprint density at radius 2 is 0.775 bits per heavy atom. The van der Waals surface area contributed by atoms with E-state index in [0.29, 0.717) is 22.5 Å². The monoisotopic (exact) mass is 921 g/mol. The molecular weight excluding hydrogens is 884 g/mol. The van der Waals surface area contributed by atoms with E-state index in [0.717, 1.165) is 105 Å². The minimum Gasteiger partial charge on any atom is -0.317 e. The SMILES string of the molecule is [C-]#[N+]c1c(-n2c3ccccc3c3ccc4c5ccccc5n(-c5ccccc5)c4c32)ccc(-c2c(C)cccc2C(F)(F)F)c1-n1c2ccccc2c2ccc3c4ccccc4n(-c4ccccc4)c3c21. The molecule has 0 unspecified atom stereocenters. The number of hydrogen-bond acceptors (Lipinski definition) is 0. The summed E-state index contributed by atoms with van der Waals surface area (Å²) in [4.78, 5) is 4.54. The van der Waals surface area contributed by atoms with E-state index in [2.05, 4.69) is 126 Å². The average Bonchev–Trinajstić information content (AvgIpc) is 4.14. The summed E-state index contributed by atoms with van der Waals surface area (Å²) < 4.78 is 55.7. The van der Waals surface area contributed by atoms with E-state index in [-0.39, 0.29) is 11.3 Å². The summed E-state index contributed by atoms with van der Waals surface area (Å²) in [6.45, 7) is 11.2. The van der Waals surface area contributed by atoms with Gasteiger partial charge in [-0.05, 0) is 84.3 Å². The molecule has 0 amide bonds. The molecule has 0 fully saturated rings. The third kappa shape index (κ3) is 5.69. The van der Waals surface area contributed by atoms with Crippen molar-refractivity contribution < 1.29 is 13.2 Å². The van der Waals surface area contributed by atoms with Crippen molar-refractivity contribution in [3.8, 4) is 33.9 Å². The Hall–Kier alpha value is -9.32. The first-order valence-electron chi connectivity index (χ1n) is 23.6. The molecule has 14 rings (SSSR count). The first-order chi connectivity index (χ1) is 34.8. The fourth-order valence-corrected chi connectivity index (χ4v) is 11.7. The van der Waals surface area contributed by atoms with Crippen molar-refractivity contribution in [2.24, 2.45) is 0 Å². The normalized spacial score (nSPS) is 12.2. The van der Waals surface area contributed by atoms with Crippen molar-refractivity contribution in [3.05, 3.63) is 235 Å². The highest BCUT2D eigenvalue weighted by atomic mass is 19.4. The molecule has 0 aliphatic carbocycles. The smallest absolute Gasteiger partial charge is 0.317 e. The Morgan fingerprint density at radius 1 is 0.380 bits per heavy atom. The number of fused-ring (bicyclic) bond motifs is 14. The Balaban J connectivity index is 1.23. The van der Waals surface area contributed by atoms with Crippen molar-refractivity contribution in [2.45, 2.75) is 13.1 Å². The second-order valence-corrected chi connectivity index (χ2v) is 18.2. The van der Waals surface area contributed by atoms with Gasteiger partial charge in [-0.1, -0.05) is 152 Å². The van der Waals surface area contributed by atoms with Crippen LogP contribution in [0.3, 0.4) is 0 Å². The van der Waals surface area contributed by atoms with Crippen LogP contribution < -0.4 is 0 Å². The zero-order valence-electron chi connectivity index (χ0n) is 38.1. The van der Waals surface area contributed by atoms with Gasteiger partial charge in [-0.2, -0.15) is 13.2 Å². The molecule has 0 N–H and O–H groups in total. The highest BCUT2D eigenvalue weighted by Gasteiger charge is 2.36. The van der Waals surface area contributed by atoms with Gasteiger partial charge in [0.15, 0.2) is 0 Å². The van der Waals surface area contributed by atoms with Gasteiger partial charge < -0.3 is 18.3 Å². The zero-order chi connectivity index (χ0) is 47.7. The number of alkyl halides is 3. The molecule has 4 heterocycles. The lowest BCUT2D eigenvalue weighted by molar-refractivity contribution is -0.137. The number of rotatable bonds is 5. The van der Waals surface area contributed by atoms with Gasteiger partial charge in [-0.25, -0.2) is 4.85 Å². The summed E-state index contributed by atoms with van der Waals surface area (Å²) >= 11 is 0. The van der Waals surface area contributed by atoms with Crippen LogP contribution >= 0.6 is 0 Å². The first-order valence-corrected chi connectivity index (χ1v) is 23.6. The maximum atomic E-state index is 15.6. The fraction of sp³-hybridized carbons (Fsp3) is 0.0317. The summed E-state index contributed by atoms with van der Waals surface area (Å²) in [7, 11) is 0. The van der Waals surface area contributed by atoms with Gasteiger partial charge in [0.1, 0.15) is 0 Å². The highest BCUT2D eigenvalue weighted by Crippen LogP contribution is 2.51. The van der Waals surface area contributed by atoms with Gasteiger partial charge >= 0.3 is 6.18 Å². The van der Waals surface area contributed by atoms with E-state index < -0.39 is 11.7 Å². The molecule has 0 bridgehead atoms. The summed E-state index contributed by atoms with van der Waals surface area (Å²) in [6, 6.07) is 70.1. The number of halogens is 3. The van der Waals surface area contributed by atoms with E-state index in [1.165, 1.54) is 6.07 Å². The van der Waals surface area contributed by atoms with Crippen molar-refractivity contribution in [2.75, 3.05) is 0 Å². The van der Waals surface area contributed by atoms with Gasteiger partial charge in [0.25, 0.3) is 0 Å². The molecule has 0 radical (unpaired) electrons. The van der Waals surface area contributed by atoms with Crippen molar-refractivity contribution in [1.82, 2.24) is 18.3 Å². The second kappa shape index (κ2) is 15.1. The summed E-state index contributed by atoms with van der Waals surface area (Å²) in [5.74, 6) is 0. The molecule has 336 valence electrons. The predicted octanol–water partition coefficient (Wildman–Crippen LogP) is 17.6. The molecular formula is C63H38F3N5. The number of para-hydroxylation sites is 6. The molecule has 0 aliphatic heterocycles.